The van der Waals surface area contributed by atoms with Gasteiger partial charge in [-0.15, -0.1) is 0 Å². The molecular weight excluding hydrogens is 376 g/mol. The Hall–Kier alpha value is -1.49. The quantitative estimate of drug-likeness (QED) is 0.355. The molecule has 0 aromatic rings. The molecule has 0 amide bonds. The maximum absolute atomic E-state index is 11.6. The van der Waals surface area contributed by atoms with Crippen molar-refractivity contribution in [3.8, 4) is 0 Å². The Bertz CT molecular complexity index is 531. The number of hydrogen-bond donors (Lipinski definition) is 1. The van der Waals surface area contributed by atoms with Crippen LogP contribution in [-0.4, -0.2) is 75.0 Å². The van der Waals surface area contributed by atoms with Crippen molar-refractivity contribution >= 4 is 26.0 Å². The van der Waals surface area contributed by atoms with Crippen LogP contribution in [0.25, 0.3) is 0 Å². The van der Waals surface area contributed by atoms with Gasteiger partial charge in [0.1, 0.15) is 6.10 Å². The van der Waals surface area contributed by atoms with Gasteiger partial charge in [0, 0.05) is 35.5 Å². The maximum atomic E-state index is 11.6. The molecule has 0 unspecified atom stereocenters. The van der Waals surface area contributed by atoms with Gasteiger partial charge in [0.05, 0.1) is 6.61 Å². The Balaban J connectivity index is 3.11. The van der Waals surface area contributed by atoms with E-state index in [1.165, 1.54) is 20.8 Å². The highest BCUT2D eigenvalue weighted by atomic mass is 28.3. The van der Waals surface area contributed by atoms with E-state index in [0.29, 0.717) is 6.61 Å². The minimum absolute atomic E-state index is 0.349. The lowest BCUT2D eigenvalue weighted by atomic mass is 9.98. The van der Waals surface area contributed by atoms with E-state index in [2.05, 4.69) is 19.6 Å². The topological polar surface area (TPSA) is 118 Å². The molecule has 0 aromatic heterocycles. The zero-order valence-electron chi connectivity index (χ0n) is 16.7. The molecular formula is C17H30O9Si. The van der Waals surface area contributed by atoms with Crippen molar-refractivity contribution < 1.29 is 43.2 Å². The van der Waals surface area contributed by atoms with Gasteiger partial charge in [0.15, 0.2) is 24.6 Å². The average Bonchev–Trinajstić information content (AvgIpc) is 2.49. The first-order valence-electron chi connectivity index (χ1n) is 8.84. The number of aliphatic hydroxyl groups excluding tert-OH is 1. The second kappa shape index (κ2) is 10.2. The molecule has 5 atom stereocenters. The van der Waals surface area contributed by atoms with Crippen LogP contribution in [0.5, 0.6) is 0 Å². The van der Waals surface area contributed by atoms with E-state index in [9.17, 15) is 19.5 Å². The van der Waals surface area contributed by atoms with E-state index < -0.39 is 63.3 Å². The van der Waals surface area contributed by atoms with Crippen LogP contribution in [0.1, 0.15) is 20.8 Å². The third kappa shape index (κ3) is 7.95. The van der Waals surface area contributed by atoms with E-state index in [4.69, 9.17) is 23.7 Å². The fraction of sp³-hybridized carbons (Fsp3) is 0.824. The molecule has 0 aromatic carbocycles. The molecule has 27 heavy (non-hydrogen) atoms. The first-order chi connectivity index (χ1) is 12.4. The molecule has 0 saturated carbocycles. The first-order valence-corrected chi connectivity index (χ1v) is 12.5. The Kier molecular flexibility index (Phi) is 8.86. The minimum atomic E-state index is -1.39. The van der Waals surface area contributed by atoms with Gasteiger partial charge < -0.3 is 28.8 Å². The van der Waals surface area contributed by atoms with Gasteiger partial charge in [0.2, 0.25) is 0 Å². The van der Waals surface area contributed by atoms with E-state index in [-0.39, 0.29) is 0 Å². The van der Waals surface area contributed by atoms with Crippen molar-refractivity contribution in [1.29, 1.82) is 0 Å². The molecule has 1 heterocycles. The van der Waals surface area contributed by atoms with Crippen LogP contribution >= 0.6 is 0 Å². The molecule has 156 valence electrons. The molecule has 1 aliphatic heterocycles. The van der Waals surface area contributed by atoms with Crippen LogP contribution in [0.4, 0.5) is 0 Å². The number of carbonyl (C=O) groups is 3. The Morgan fingerprint density at radius 2 is 1.37 bits per heavy atom. The molecule has 0 radical (unpaired) electrons. The highest BCUT2D eigenvalue weighted by Gasteiger charge is 2.52. The fourth-order valence-corrected chi connectivity index (χ4v) is 3.35. The van der Waals surface area contributed by atoms with Gasteiger partial charge in [-0.1, -0.05) is 19.6 Å². The Labute approximate surface area is 160 Å². The maximum Gasteiger partial charge on any atom is 0.303 e. The van der Waals surface area contributed by atoms with E-state index in [1.54, 1.807) is 0 Å². The zero-order chi connectivity index (χ0) is 20.8. The molecule has 1 aliphatic rings. The van der Waals surface area contributed by atoms with E-state index >= 15 is 0 Å². The highest BCUT2D eigenvalue weighted by molar-refractivity contribution is 6.76. The molecule has 0 spiro atoms. The number of aliphatic hydroxyl groups is 1. The van der Waals surface area contributed by atoms with Crippen molar-refractivity contribution in [2.24, 2.45) is 0 Å². The third-order valence-electron chi connectivity index (χ3n) is 3.81. The standard InChI is InChI=1S/C17H30O9Si/c1-10(19)23-14-13(9-18)26-17(22-7-8-27(4,5)6)16(25-12(3)21)15(14)24-11(2)20/h13-18H,7-9H2,1-6H3/t13-,14-,15+,16-,17-/m1/s1. The molecule has 1 rings (SSSR count). The number of esters is 3. The predicted octanol–water partition coefficient (Wildman–Crippen LogP) is 0.853. The van der Waals surface area contributed by atoms with Crippen molar-refractivity contribution in [3.63, 3.8) is 0 Å². The average molecular weight is 407 g/mol. The van der Waals surface area contributed by atoms with Crippen LogP contribution < -0.4 is 0 Å². The fourth-order valence-electron chi connectivity index (χ4n) is 2.62. The van der Waals surface area contributed by atoms with Crippen LogP contribution in [-0.2, 0) is 38.1 Å². The van der Waals surface area contributed by atoms with Crippen molar-refractivity contribution in [2.45, 2.75) is 77.2 Å². The summed E-state index contributed by atoms with van der Waals surface area (Å²) in [5.74, 6) is -1.95. The van der Waals surface area contributed by atoms with Crippen LogP contribution in [0, 0.1) is 0 Å². The van der Waals surface area contributed by atoms with Crippen molar-refractivity contribution in [1.82, 2.24) is 0 Å². The van der Waals surface area contributed by atoms with Gasteiger partial charge in [-0.2, -0.15) is 0 Å². The number of carbonyl (C=O) groups excluding carboxylic acids is 3. The Morgan fingerprint density at radius 1 is 0.889 bits per heavy atom. The van der Waals surface area contributed by atoms with Gasteiger partial charge in [0.25, 0.3) is 0 Å². The number of ether oxygens (including phenoxy) is 5. The summed E-state index contributed by atoms with van der Waals surface area (Å²) >= 11 is 0. The number of hydrogen-bond acceptors (Lipinski definition) is 9. The van der Waals surface area contributed by atoms with Gasteiger partial charge in [-0.05, 0) is 6.04 Å². The van der Waals surface area contributed by atoms with Crippen molar-refractivity contribution in [2.75, 3.05) is 13.2 Å². The van der Waals surface area contributed by atoms with Crippen LogP contribution in [0.2, 0.25) is 25.7 Å². The summed E-state index contributed by atoms with van der Waals surface area (Å²) in [5.41, 5.74) is 0. The summed E-state index contributed by atoms with van der Waals surface area (Å²) in [5, 5.41) is 9.65. The third-order valence-corrected chi connectivity index (χ3v) is 5.52. The predicted molar refractivity (Wildman–Crippen MR) is 96.5 cm³/mol. The normalized spacial score (nSPS) is 28.3. The molecule has 0 bridgehead atoms. The summed E-state index contributed by atoms with van der Waals surface area (Å²) in [6, 6.07) is 0.828. The Morgan fingerprint density at radius 3 is 1.81 bits per heavy atom. The lowest BCUT2D eigenvalue weighted by Crippen LogP contribution is -2.62. The molecule has 10 heteroatoms. The van der Waals surface area contributed by atoms with Crippen molar-refractivity contribution in [3.05, 3.63) is 0 Å². The second-order valence-corrected chi connectivity index (χ2v) is 13.3. The van der Waals surface area contributed by atoms with Gasteiger partial charge >= 0.3 is 17.9 Å². The zero-order valence-corrected chi connectivity index (χ0v) is 17.7. The summed E-state index contributed by atoms with van der Waals surface area (Å²) < 4.78 is 27.2. The molecule has 1 saturated heterocycles. The lowest BCUT2D eigenvalue weighted by Gasteiger charge is -2.43. The van der Waals surface area contributed by atoms with Gasteiger partial charge in [-0.3, -0.25) is 14.4 Å². The van der Waals surface area contributed by atoms with Gasteiger partial charge in [-0.25, -0.2) is 0 Å². The van der Waals surface area contributed by atoms with Crippen LogP contribution in [0.3, 0.4) is 0 Å². The summed E-state index contributed by atoms with van der Waals surface area (Å²) in [4.78, 5) is 34.6. The minimum Gasteiger partial charge on any atom is -0.456 e. The highest BCUT2D eigenvalue weighted by Crippen LogP contribution is 2.29. The first kappa shape index (κ1) is 23.5. The molecule has 9 nitrogen and oxygen atoms in total. The SMILES string of the molecule is CC(=O)O[C@@H]1[C@@H](OC(C)=O)[C@H](OCC[Si](C)(C)C)O[C@H](CO)[C@H]1OC(C)=O. The van der Waals surface area contributed by atoms with Crippen LogP contribution in [0.15, 0.2) is 0 Å². The second-order valence-electron chi connectivity index (χ2n) is 7.63. The molecule has 0 aliphatic carbocycles. The van der Waals surface area contributed by atoms with E-state index in [1.807, 2.05) is 0 Å². The largest absolute Gasteiger partial charge is 0.456 e. The smallest absolute Gasteiger partial charge is 0.303 e. The summed E-state index contributed by atoms with van der Waals surface area (Å²) in [6.45, 7) is 9.93. The van der Waals surface area contributed by atoms with E-state index in [0.717, 1.165) is 6.04 Å². The molecule has 1 N–H and O–H groups in total. The lowest BCUT2D eigenvalue weighted by molar-refractivity contribution is -0.306. The summed E-state index contributed by atoms with van der Waals surface area (Å²) in [6.07, 6.45) is -5.52. The number of rotatable bonds is 8. The monoisotopic (exact) mass is 406 g/mol. The summed E-state index contributed by atoms with van der Waals surface area (Å²) in [7, 11) is -1.39. The molecule has 1 fully saturated rings.